The van der Waals surface area contributed by atoms with E-state index in [1.54, 1.807) is 0 Å². The summed E-state index contributed by atoms with van der Waals surface area (Å²) in [5.74, 6) is 1.38. The monoisotopic (exact) mass is 387 g/mol. The molecule has 0 radical (unpaired) electrons. The molecular formula is C13H14IN3OS. The van der Waals surface area contributed by atoms with Crippen molar-refractivity contribution >= 4 is 40.1 Å². The number of rotatable bonds is 5. The summed E-state index contributed by atoms with van der Waals surface area (Å²) in [5.41, 5.74) is 0.743. The molecule has 2 aromatic rings. The highest BCUT2D eigenvalue weighted by atomic mass is 127. The van der Waals surface area contributed by atoms with Gasteiger partial charge in [0.15, 0.2) is 10.9 Å². The average Bonchev–Trinajstić information content (AvgIpc) is 2.77. The third-order valence-electron chi connectivity index (χ3n) is 2.72. The first-order chi connectivity index (χ1) is 9.11. The van der Waals surface area contributed by atoms with Gasteiger partial charge in [0, 0.05) is 15.7 Å². The Balaban J connectivity index is 2.02. The molecule has 0 saturated carbocycles. The van der Waals surface area contributed by atoms with Gasteiger partial charge in [0.2, 0.25) is 0 Å². The number of halogens is 1. The molecule has 4 nitrogen and oxygen atoms in total. The molecule has 0 aliphatic carbocycles. The van der Waals surface area contributed by atoms with E-state index < -0.39 is 0 Å². The van der Waals surface area contributed by atoms with Crippen LogP contribution < -0.4 is 0 Å². The standard InChI is InChI=1S/C13H14IN3OS/c1-3-17-9(2)15-16-13(17)19-8-12(18)10-4-6-11(14)7-5-10/h4-7H,3,8H2,1-2H3. The second kappa shape index (κ2) is 6.51. The van der Waals surface area contributed by atoms with Crippen LogP contribution in [0.2, 0.25) is 0 Å². The zero-order chi connectivity index (χ0) is 13.8. The lowest BCUT2D eigenvalue weighted by atomic mass is 10.2. The Hall–Kier alpha value is -0.890. The minimum Gasteiger partial charge on any atom is -0.307 e. The van der Waals surface area contributed by atoms with Crippen LogP contribution in [0.5, 0.6) is 0 Å². The van der Waals surface area contributed by atoms with Gasteiger partial charge in [0.1, 0.15) is 5.82 Å². The Labute approximate surface area is 130 Å². The summed E-state index contributed by atoms with van der Waals surface area (Å²) in [5, 5.41) is 8.92. The normalized spacial score (nSPS) is 10.7. The number of hydrogen-bond donors (Lipinski definition) is 0. The van der Waals surface area contributed by atoms with Crippen molar-refractivity contribution < 1.29 is 4.79 Å². The Kier molecular flexibility index (Phi) is 4.98. The zero-order valence-corrected chi connectivity index (χ0v) is 13.7. The van der Waals surface area contributed by atoms with E-state index in [9.17, 15) is 4.79 Å². The van der Waals surface area contributed by atoms with E-state index in [2.05, 4.69) is 32.8 Å². The van der Waals surface area contributed by atoms with Gasteiger partial charge in [-0.05, 0) is 48.6 Å². The van der Waals surface area contributed by atoms with Crippen molar-refractivity contribution in [3.05, 3.63) is 39.2 Å². The first-order valence-electron chi connectivity index (χ1n) is 5.93. The summed E-state index contributed by atoms with van der Waals surface area (Å²) in [6.07, 6.45) is 0. The first kappa shape index (κ1) is 14.5. The molecule has 100 valence electrons. The van der Waals surface area contributed by atoms with E-state index in [-0.39, 0.29) is 5.78 Å². The van der Waals surface area contributed by atoms with Gasteiger partial charge in [-0.1, -0.05) is 23.9 Å². The van der Waals surface area contributed by atoms with Crippen LogP contribution in [0.3, 0.4) is 0 Å². The highest BCUT2D eigenvalue weighted by molar-refractivity contribution is 14.1. The van der Waals surface area contributed by atoms with Gasteiger partial charge in [0.25, 0.3) is 0 Å². The van der Waals surface area contributed by atoms with Crippen molar-refractivity contribution in [1.82, 2.24) is 14.8 Å². The van der Waals surface area contributed by atoms with Crippen molar-refractivity contribution in [2.45, 2.75) is 25.5 Å². The number of aromatic nitrogens is 3. The highest BCUT2D eigenvalue weighted by Gasteiger charge is 2.11. The Morgan fingerprint density at radius 1 is 1.32 bits per heavy atom. The van der Waals surface area contributed by atoms with E-state index >= 15 is 0 Å². The summed E-state index contributed by atoms with van der Waals surface area (Å²) in [6, 6.07) is 7.61. The number of carbonyl (C=O) groups is 1. The summed E-state index contributed by atoms with van der Waals surface area (Å²) >= 11 is 3.66. The Morgan fingerprint density at radius 3 is 2.63 bits per heavy atom. The van der Waals surface area contributed by atoms with Crippen molar-refractivity contribution in [2.75, 3.05) is 5.75 Å². The lowest BCUT2D eigenvalue weighted by Crippen LogP contribution is -2.05. The fraction of sp³-hybridized carbons (Fsp3) is 0.308. The van der Waals surface area contributed by atoms with Crippen LogP contribution in [-0.2, 0) is 6.54 Å². The van der Waals surface area contributed by atoms with E-state index in [0.717, 1.165) is 26.7 Å². The van der Waals surface area contributed by atoms with Crippen LogP contribution in [0.15, 0.2) is 29.4 Å². The van der Waals surface area contributed by atoms with Crippen LogP contribution in [0.4, 0.5) is 0 Å². The fourth-order valence-corrected chi connectivity index (χ4v) is 2.98. The van der Waals surface area contributed by atoms with Crippen molar-refractivity contribution in [2.24, 2.45) is 0 Å². The summed E-state index contributed by atoms with van der Waals surface area (Å²) in [6.45, 7) is 4.78. The van der Waals surface area contributed by atoms with Gasteiger partial charge in [-0.15, -0.1) is 10.2 Å². The molecular weight excluding hydrogens is 373 g/mol. The number of ketones is 1. The maximum absolute atomic E-state index is 12.1. The topological polar surface area (TPSA) is 47.8 Å². The Morgan fingerprint density at radius 2 is 2.00 bits per heavy atom. The lowest BCUT2D eigenvalue weighted by Gasteiger charge is -2.04. The molecule has 6 heteroatoms. The molecule has 0 aliphatic heterocycles. The largest absolute Gasteiger partial charge is 0.307 e. The molecule has 0 atom stereocenters. The van der Waals surface area contributed by atoms with Crippen molar-refractivity contribution in [3.8, 4) is 0 Å². The molecule has 0 bridgehead atoms. The first-order valence-corrected chi connectivity index (χ1v) is 7.99. The quantitative estimate of drug-likeness (QED) is 0.449. The van der Waals surface area contributed by atoms with Gasteiger partial charge >= 0.3 is 0 Å². The summed E-state index contributed by atoms with van der Waals surface area (Å²) < 4.78 is 3.13. The van der Waals surface area contributed by atoms with E-state index in [4.69, 9.17) is 0 Å². The highest BCUT2D eigenvalue weighted by Crippen LogP contribution is 2.18. The van der Waals surface area contributed by atoms with E-state index in [1.807, 2.05) is 42.7 Å². The molecule has 0 amide bonds. The van der Waals surface area contributed by atoms with E-state index in [0.29, 0.717) is 5.75 Å². The molecule has 19 heavy (non-hydrogen) atoms. The molecule has 0 saturated heterocycles. The number of Topliss-reactive ketones (excluding diaryl/α,β-unsaturated/α-hetero) is 1. The number of aryl methyl sites for hydroxylation is 1. The van der Waals surface area contributed by atoms with Gasteiger partial charge < -0.3 is 4.57 Å². The van der Waals surface area contributed by atoms with Crippen molar-refractivity contribution in [1.29, 1.82) is 0 Å². The van der Waals surface area contributed by atoms with Crippen LogP contribution >= 0.6 is 34.4 Å². The minimum atomic E-state index is 0.115. The Bertz CT molecular complexity index is 580. The lowest BCUT2D eigenvalue weighted by molar-refractivity contribution is 0.102. The van der Waals surface area contributed by atoms with Crippen molar-refractivity contribution in [3.63, 3.8) is 0 Å². The van der Waals surface area contributed by atoms with Crippen LogP contribution in [-0.4, -0.2) is 26.3 Å². The molecule has 0 fully saturated rings. The third-order valence-corrected chi connectivity index (χ3v) is 4.40. The maximum atomic E-state index is 12.1. The number of nitrogens with zero attached hydrogens (tertiary/aromatic N) is 3. The molecule has 0 spiro atoms. The third kappa shape index (κ3) is 3.56. The molecule has 2 rings (SSSR count). The maximum Gasteiger partial charge on any atom is 0.191 e. The molecule has 1 aromatic carbocycles. The van der Waals surface area contributed by atoms with Crippen LogP contribution in [0, 0.1) is 10.5 Å². The molecule has 0 N–H and O–H groups in total. The predicted octanol–water partition coefficient (Wildman–Crippen LogP) is 3.19. The van der Waals surface area contributed by atoms with E-state index in [1.165, 1.54) is 11.8 Å². The predicted molar refractivity (Wildman–Crippen MR) is 84.6 cm³/mol. The smallest absolute Gasteiger partial charge is 0.191 e. The molecule has 1 aromatic heterocycles. The molecule has 0 aliphatic rings. The SMILES string of the molecule is CCn1c(C)nnc1SCC(=O)c1ccc(I)cc1. The molecule has 0 unspecified atom stereocenters. The van der Waals surface area contributed by atoms with Crippen LogP contribution in [0.25, 0.3) is 0 Å². The average molecular weight is 387 g/mol. The summed E-state index contributed by atoms with van der Waals surface area (Å²) in [4.78, 5) is 12.1. The van der Waals surface area contributed by atoms with Gasteiger partial charge in [0.05, 0.1) is 5.75 Å². The number of hydrogen-bond acceptors (Lipinski definition) is 4. The fourth-order valence-electron chi connectivity index (χ4n) is 1.68. The van der Waals surface area contributed by atoms with Crippen LogP contribution in [0.1, 0.15) is 23.1 Å². The summed E-state index contributed by atoms with van der Waals surface area (Å²) in [7, 11) is 0. The second-order valence-electron chi connectivity index (χ2n) is 3.99. The number of thioether (sulfide) groups is 1. The van der Waals surface area contributed by atoms with Gasteiger partial charge in [-0.2, -0.15) is 0 Å². The number of benzene rings is 1. The minimum absolute atomic E-state index is 0.115. The van der Waals surface area contributed by atoms with Gasteiger partial charge in [-0.25, -0.2) is 0 Å². The zero-order valence-electron chi connectivity index (χ0n) is 10.8. The molecule has 1 heterocycles. The second-order valence-corrected chi connectivity index (χ2v) is 6.18. The number of carbonyl (C=O) groups excluding carboxylic acids is 1. The van der Waals surface area contributed by atoms with Gasteiger partial charge in [-0.3, -0.25) is 4.79 Å².